The number of amides is 1. The van der Waals surface area contributed by atoms with E-state index >= 15 is 0 Å². The Morgan fingerprint density at radius 1 is 1.03 bits per heavy atom. The number of rotatable bonds is 9. The molecule has 0 atom stereocenters. The van der Waals surface area contributed by atoms with Crippen molar-refractivity contribution in [1.29, 1.82) is 0 Å². The number of ether oxygens (including phenoxy) is 3. The third-order valence-electron chi connectivity index (χ3n) is 3.80. The maximum atomic E-state index is 12.2. The van der Waals surface area contributed by atoms with E-state index in [-0.39, 0.29) is 34.9 Å². The molecule has 3 aromatic rings. The summed E-state index contributed by atoms with van der Waals surface area (Å²) in [6, 6.07) is 13.7. The summed E-state index contributed by atoms with van der Waals surface area (Å²) in [5.74, 6) is 0.807. The van der Waals surface area contributed by atoms with Crippen molar-refractivity contribution in [1.82, 2.24) is 10.2 Å². The molecule has 0 aliphatic carbocycles. The molecule has 0 saturated heterocycles. The smallest absolute Gasteiger partial charge is 0.339 e. The van der Waals surface area contributed by atoms with E-state index in [1.165, 1.54) is 7.11 Å². The standard InChI is InChI=1S/C20H19N3O6S/c1-26-13-7-9-14(10-8-13)28-11-18-22-23-20(29-18)30-12-17(24)21-16-6-4-3-5-15(16)19(25)27-2/h3-10H,11-12H2,1-2H3,(H,21,24). The molecule has 0 unspecified atom stereocenters. The van der Waals surface area contributed by atoms with Crippen molar-refractivity contribution >= 4 is 29.3 Å². The van der Waals surface area contributed by atoms with Gasteiger partial charge in [0.25, 0.3) is 11.1 Å². The Balaban J connectivity index is 1.49. The van der Waals surface area contributed by atoms with E-state index in [4.69, 9.17) is 18.6 Å². The highest BCUT2D eigenvalue weighted by atomic mass is 32.2. The van der Waals surface area contributed by atoms with Gasteiger partial charge >= 0.3 is 5.97 Å². The number of nitrogens with zero attached hydrogens (tertiary/aromatic N) is 2. The molecule has 2 aromatic carbocycles. The second kappa shape index (κ2) is 10.3. The zero-order chi connectivity index (χ0) is 21.3. The van der Waals surface area contributed by atoms with Crippen LogP contribution in [-0.4, -0.2) is 42.0 Å². The van der Waals surface area contributed by atoms with Crippen LogP contribution in [-0.2, 0) is 16.1 Å². The van der Waals surface area contributed by atoms with Crippen molar-refractivity contribution in [2.75, 3.05) is 25.3 Å². The van der Waals surface area contributed by atoms with Crippen LogP contribution in [0.2, 0.25) is 0 Å². The van der Waals surface area contributed by atoms with Crippen molar-refractivity contribution in [3.05, 3.63) is 60.0 Å². The zero-order valence-electron chi connectivity index (χ0n) is 16.3. The van der Waals surface area contributed by atoms with Crippen LogP contribution in [0.1, 0.15) is 16.2 Å². The van der Waals surface area contributed by atoms with Crippen LogP contribution < -0.4 is 14.8 Å². The molecule has 0 fully saturated rings. The van der Waals surface area contributed by atoms with E-state index in [9.17, 15) is 9.59 Å². The molecule has 9 nitrogen and oxygen atoms in total. The summed E-state index contributed by atoms with van der Waals surface area (Å²) in [5, 5.41) is 10.7. The SMILES string of the molecule is COC(=O)c1ccccc1NC(=O)CSc1nnc(COc2ccc(OC)cc2)o1. The summed E-state index contributed by atoms with van der Waals surface area (Å²) < 4.78 is 20.8. The van der Waals surface area contributed by atoms with Gasteiger partial charge in [0.15, 0.2) is 6.61 Å². The summed E-state index contributed by atoms with van der Waals surface area (Å²) in [7, 11) is 2.87. The molecule has 1 N–H and O–H groups in total. The second-order valence-electron chi connectivity index (χ2n) is 5.80. The number of hydrogen-bond donors (Lipinski definition) is 1. The molecular weight excluding hydrogens is 410 g/mol. The van der Waals surface area contributed by atoms with E-state index in [0.29, 0.717) is 11.4 Å². The molecular formula is C20H19N3O6S. The molecule has 156 valence electrons. The minimum absolute atomic E-state index is 0.0243. The number of esters is 1. The largest absolute Gasteiger partial charge is 0.497 e. The van der Waals surface area contributed by atoms with Crippen LogP contribution in [0.25, 0.3) is 0 Å². The van der Waals surface area contributed by atoms with Crippen molar-refractivity contribution in [2.45, 2.75) is 11.8 Å². The molecule has 0 aliphatic heterocycles. The predicted molar refractivity (Wildman–Crippen MR) is 109 cm³/mol. The summed E-state index contributed by atoms with van der Waals surface area (Å²) in [5.41, 5.74) is 0.642. The Hall–Kier alpha value is -3.53. The monoisotopic (exact) mass is 429 g/mol. The van der Waals surface area contributed by atoms with E-state index in [0.717, 1.165) is 17.5 Å². The van der Waals surface area contributed by atoms with Crippen LogP contribution in [0, 0.1) is 0 Å². The van der Waals surface area contributed by atoms with Gasteiger partial charge in [-0.2, -0.15) is 0 Å². The number of aromatic nitrogens is 2. The molecule has 30 heavy (non-hydrogen) atoms. The van der Waals surface area contributed by atoms with Gasteiger partial charge in [-0.25, -0.2) is 4.79 Å². The fourth-order valence-corrected chi connectivity index (χ4v) is 2.95. The van der Waals surface area contributed by atoms with Crippen LogP contribution in [0.4, 0.5) is 5.69 Å². The van der Waals surface area contributed by atoms with E-state index in [1.807, 2.05) is 0 Å². The van der Waals surface area contributed by atoms with Crippen LogP contribution in [0.5, 0.6) is 11.5 Å². The zero-order valence-corrected chi connectivity index (χ0v) is 17.1. The lowest BCUT2D eigenvalue weighted by atomic mass is 10.2. The topological polar surface area (TPSA) is 113 Å². The molecule has 0 bridgehead atoms. The van der Waals surface area contributed by atoms with Crippen molar-refractivity contribution < 1.29 is 28.2 Å². The van der Waals surface area contributed by atoms with Crippen molar-refractivity contribution in [3.8, 4) is 11.5 Å². The number of para-hydroxylation sites is 1. The maximum Gasteiger partial charge on any atom is 0.339 e. The maximum absolute atomic E-state index is 12.2. The van der Waals surface area contributed by atoms with E-state index < -0.39 is 5.97 Å². The number of benzene rings is 2. The Kier molecular flexibility index (Phi) is 7.28. The highest BCUT2D eigenvalue weighted by Gasteiger charge is 2.15. The van der Waals surface area contributed by atoms with E-state index in [2.05, 4.69) is 15.5 Å². The first-order valence-electron chi connectivity index (χ1n) is 8.78. The normalized spacial score (nSPS) is 10.3. The number of anilines is 1. The van der Waals surface area contributed by atoms with Gasteiger partial charge in [-0.05, 0) is 36.4 Å². The van der Waals surface area contributed by atoms with E-state index in [1.54, 1.807) is 55.6 Å². The number of methoxy groups -OCH3 is 2. The van der Waals surface area contributed by atoms with Crippen molar-refractivity contribution in [2.24, 2.45) is 0 Å². The second-order valence-corrected chi connectivity index (χ2v) is 6.73. The average molecular weight is 429 g/mol. The summed E-state index contributed by atoms with van der Waals surface area (Å²) in [6.07, 6.45) is 0. The lowest BCUT2D eigenvalue weighted by molar-refractivity contribution is -0.113. The average Bonchev–Trinajstić information content (AvgIpc) is 3.24. The third-order valence-corrected chi connectivity index (χ3v) is 4.62. The fourth-order valence-electron chi connectivity index (χ4n) is 2.37. The molecule has 3 rings (SSSR count). The van der Waals surface area contributed by atoms with Gasteiger partial charge in [-0.1, -0.05) is 23.9 Å². The van der Waals surface area contributed by atoms with Gasteiger partial charge in [-0.3, -0.25) is 4.79 Å². The molecule has 1 heterocycles. The van der Waals surface area contributed by atoms with Crippen LogP contribution >= 0.6 is 11.8 Å². The van der Waals surface area contributed by atoms with Crippen molar-refractivity contribution in [3.63, 3.8) is 0 Å². The Bertz CT molecular complexity index is 1010. The van der Waals surface area contributed by atoms with Gasteiger partial charge in [0.2, 0.25) is 5.91 Å². The first-order chi connectivity index (χ1) is 14.6. The molecule has 1 amide bonds. The summed E-state index contributed by atoms with van der Waals surface area (Å²) in [4.78, 5) is 24.0. The van der Waals surface area contributed by atoms with Gasteiger partial charge in [-0.15, -0.1) is 10.2 Å². The molecule has 1 aromatic heterocycles. The quantitative estimate of drug-likeness (QED) is 0.405. The van der Waals surface area contributed by atoms with Gasteiger partial charge in [0.05, 0.1) is 31.2 Å². The Labute approximate surface area is 176 Å². The van der Waals surface area contributed by atoms with Crippen LogP contribution in [0.15, 0.2) is 58.2 Å². The Morgan fingerprint density at radius 2 is 1.77 bits per heavy atom. The lowest BCUT2D eigenvalue weighted by Gasteiger charge is -2.08. The number of thioether (sulfide) groups is 1. The van der Waals surface area contributed by atoms with Gasteiger partial charge in [0.1, 0.15) is 11.5 Å². The molecule has 10 heteroatoms. The van der Waals surface area contributed by atoms with Gasteiger partial charge in [0, 0.05) is 0 Å². The highest BCUT2D eigenvalue weighted by molar-refractivity contribution is 7.99. The molecule has 0 saturated carbocycles. The van der Waals surface area contributed by atoms with Gasteiger partial charge < -0.3 is 23.9 Å². The number of nitrogens with one attached hydrogen (secondary N) is 1. The third kappa shape index (κ3) is 5.74. The minimum Gasteiger partial charge on any atom is -0.497 e. The minimum atomic E-state index is -0.531. The summed E-state index contributed by atoms with van der Waals surface area (Å²) in [6.45, 7) is 0.0958. The number of carbonyl (C=O) groups is 2. The number of hydrogen-bond acceptors (Lipinski definition) is 9. The fraction of sp³-hybridized carbons (Fsp3) is 0.200. The molecule has 0 spiro atoms. The first-order valence-corrected chi connectivity index (χ1v) is 9.77. The summed E-state index contributed by atoms with van der Waals surface area (Å²) >= 11 is 1.07. The predicted octanol–water partition coefficient (Wildman–Crippen LogP) is 3.17. The Morgan fingerprint density at radius 3 is 2.50 bits per heavy atom. The van der Waals surface area contributed by atoms with Crippen LogP contribution in [0.3, 0.4) is 0 Å². The first kappa shape index (κ1) is 21.2. The number of carbonyl (C=O) groups excluding carboxylic acids is 2. The lowest BCUT2D eigenvalue weighted by Crippen LogP contribution is -2.17. The molecule has 0 aliphatic rings. The molecule has 0 radical (unpaired) electrons. The highest BCUT2D eigenvalue weighted by Crippen LogP contribution is 2.21.